The summed E-state index contributed by atoms with van der Waals surface area (Å²) in [5, 5.41) is 6.26. The van der Waals surface area contributed by atoms with E-state index in [1.807, 2.05) is 13.8 Å². The van der Waals surface area contributed by atoms with Crippen molar-refractivity contribution < 1.29 is 35.9 Å². The molecule has 0 bridgehead atoms. The molecule has 2 N–H and O–H groups in total. The van der Waals surface area contributed by atoms with Crippen molar-refractivity contribution in [3.63, 3.8) is 0 Å². The summed E-state index contributed by atoms with van der Waals surface area (Å²) < 4.78 is 84.1. The van der Waals surface area contributed by atoms with Crippen LogP contribution in [0.15, 0.2) is 18.2 Å². The zero-order valence-electron chi connectivity index (χ0n) is 18.4. The number of hydrogen-bond acceptors (Lipinski definition) is 3. The molecular weight excluding hydrogens is 450 g/mol. The van der Waals surface area contributed by atoms with E-state index in [4.69, 9.17) is 4.74 Å². The standard InChI is InChI=1S/C23H28F6N2O2/c1-12(2)21(4-3-16(8-21)31-19-17-10-33-11-18(17)19)20(32)30-9-13-5-14(22(24,25)26)7-15(6-13)23(27,28)29/h5-7,12,16-19,31H,3-4,8-11H2,1-2H3,(H,30,32)/t16-,17?,18?,19?,21+/m1/s1. The minimum absolute atomic E-state index is 0.0291. The highest BCUT2D eigenvalue weighted by molar-refractivity contribution is 5.83. The number of rotatable bonds is 6. The van der Waals surface area contributed by atoms with Crippen LogP contribution in [0.2, 0.25) is 0 Å². The number of alkyl halides is 6. The van der Waals surface area contributed by atoms with Gasteiger partial charge in [0.15, 0.2) is 0 Å². The lowest BCUT2D eigenvalue weighted by Crippen LogP contribution is -2.44. The van der Waals surface area contributed by atoms with Crippen LogP contribution in [-0.4, -0.2) is 31.2 Å². The Hall–Kier alpha value is -1.81. The minimum Gasteiger partial charge on any atom is -0.381 e. The van der Waals surface area contributed by atoms with Crippen LogP contribution in [0.25, 0.3) is 0 Å². The molecule has 2 unspecified atom stereocenters. The zero-order valence-corrected chi connectivity index (χ0v) is 18.4. The van der Waals surface area contributed by atoms with E-state index in [9.17, 15) is 31.1 Å². The first kappa shape index (κ1) is 24.3. The minimum atomic E-state index is -4.92. The van der Waals surface area contributed by atoms with Crippen LogP contribution in [-0.2, 0) is 28.4 Å². The van der Waals surface area contributed by atoms with Gasteiger partial charge in [0.1, 0.15) is 0 Å². The quantitative estimate of drug-likeness (QED) is 0.580. The third-order valence-electron chi connectivity index (χ3n) is 7.59. The second kappa shape index (κ2) is 8.45. The lowest BCUT2D eigenvalue weighted by molar-refractivity contribution is -0.143. The molecule has 3 fully saturated rings. The van der Waals surface area contributed by atoms with Crippen LogP contribution in [0.5, 0.6) is 0 Å². The topological polar surface area (TPSA) is 50.4 Å². The summed E-state index contributed by atoms with van der Waals surface area (Å²) >= 11 is 0. The molecule has 1 heterocycles. The predicted octanol–water partition coefficient (Wildman–Crippen LogP) is 4.77. The van der Waals surface area contributed by atoms with E-state index >= 15 is 0 Å². The number of carbonyl (C=O) groups is 1. The number of benzene rings is 1. The second-order valence-corrected chi connectivity index (χ2v) is 9.90. The fourth-order valence-corrected chi connectivity index (χ4v) is 5.45. The van der Waals surface area contributed by atoms with Gasteiger partial charge < -0.3 is 15.4 Å². The molecule has 0 aromatic heterocycles. The maximum Gasteiger partial charge on any atom is 0.416 e. The van der Waals surface area contributed by atoms with Gasteiger partial charge in [-0.05, 0) is 48.9 Å². The number of carbonyl (C=O) groups excluding carboxylic acids is 1. The highest BCUT2D eigenvalue weighted by Gasteiger charge is 2.56. The van der Waals surface area contributed by atoms with Gasteiger partial charge in [-0.2, -0.15) is 26.3 Å². The lowest BCUT2D eigenvalue weighted by atomic mass is 9.74. The fourth-order valence-electron chi connectivity index (χ4n) is 5.45. The molecule has 4 atom stereocenters. The molecule has 0 radical (unpaired) electrons. The zero-order chi connectivity index (χ0) is 24.2. The Morgan fingerprint density at radius 2 is 1.64 bits per heavy atom. The molecule has 3 aliphatic rings. The molecule has 2 saturated carbocycles. The molecule has 1 amide bonds. The molecule has 4 rings (SSSR count). The van der Waals surface area contributed by atoms with E-state index in [1.54, 1.807) is 0 Å². The molecule has 1 aromatic rings. The van der Waals surface area contributed by atoms with Crippen LogP contribution in [0.3, 0.4) is 0 Å². The Kier molecular flexibility index (Phi) is 6.22. The summed E-state index contributed by atoms with van der Waals surface area (Å²) in [5.74, 6) is 0.693. The van der Waals surface area contributed by atoms with E-state index < -0.39 is 35.4 Å². The van der Waals surface area contributed by atoms with Crippen molar-refractivity contribution >= 4 is 5.91 Å². The molecule has 184 valence electrons. The molecule has 1 aliphatic heterocycles. The van der Waals surface area contributed by atoms with Gasteiger partial charge in [0.25, 0.3) is 0 Å². The normalized spacial score (nSPS) is 31.7. The average Bonchev–Trinajstić information content (AvgIpc) is 3.09. The van der Waals surface area contributed by atoms with Crippen LogP contribution in [0.1, 0.15) is 49.8 Å². The Labute approximate surface area is 188 Å². The maximum atomic E-state index is 13.2. The number of fused-ring (bicyclic) bond motifs is 1. The highest BCUT2D eigenvalue weighted by atomic mass is 19.4. The van der Waals surface area contributed by atoms with Crippen molar-refractivity contribution in [2.45, 2.75) is 64.1 Å². The summed E-state index contributed by atoms with van der Waals surface area (Å²) in [6.07, 6.45) is -7.84. The molecule has 4 nitrogen and oxygen atoms in total. The average molecular weight is 478 g/mol. The Balaban J connectivity index is 1.44. The maximum absolute atomic E-state index is 13.2. The summed E-state index contributed by atoms with van der Waals surface area (Å²) in [6, 6.07) is 1.96. The molecule has 1 aromatic carbocycles. The van der Waals surface area contributed by atoms with E-state index in [0.29, 0.717) is 42.9 Å². The molecule has 2 aliphatic carbocycles. The SMILES string of the molecule is CC(C)[C@]1(C(=O)NCc2cc(C(F)(F)F)cc(C(F)(F)F)c2)CC[C@@H](NC2C3COCC32)C1. The number of halogens is 6. The van der Waals surface area contributed by atoms with Gasteiger partial charge in [0.2, 0.25) is 5.91 Å². The lowest BCUT2D eigenvalue weighted by Gasteiger charge is -2.32. The van der Waals surface area contributed by atoms with Crippen molar-refractivity contribution in [1.82, 2.24) is 10.6 Å². The van der Waals surface area contributed by atoms with Gasteiger partial charge in [-0.3, -0.25) is 4.79 Å². The van der Waals surface area contributed by atoms with E-state index in [-0.39, 0.29) is 29.5 Å². The van der Waals surface area contributed by atoms with Gasteiger partial charge in [-0.1, -0.05) is 13.8 Å². The van der Waals surface area contributed by atoms with Crippen LogP contribution in [0, 0.1) is 23.2 Å². The molecule has 0 spiro atoms. The number of nitrogens with one attached hydrogen (secondary N) is 2. The van der Waals surface area contributed by atoms with Crippen LogP contribution < -0.4 is 10.6 Å². The van der Waals surface area contributed by atoms with Crippen molar-refractivity contribution in [3.05, 3.63) is 34.9 Å². The smallest absolute Gasteiger partial charge is 0.381 e. The third-order valence-corrected chi connectivity index (χ3v) is 7.59. The highest BCUT2D eigenvalue weighted by Crippen LogP contribution is 2.49. The second-order valence-electron chi connectivity index (χ2n) is 9.90. The van der Waals surface area contributed by atoms with Gasteiger partial charge in [-0.25, -0.2) is 0 Å². The summed E-state index contributed by atoms with van der Waals surface area (Å²) in [7, 11) is 0. The Bertz CT molecular complexity index is 858. The third kappa shape index (κ3) is 4.87. The number of amides is 1. The fraction of sp³-hybridized carbons (Fsp3) is 0.696. The molecular formula is C23H28F6N2O2. The first-order chi connectivity index (χ1) is 15.3. The van der Waals surface area contributed by atoms with Crippen molar-refractivity contribution in [2.75, 3.05) is 13.2 Å². The van der Waals surface area contributed by atoms with E-state index in [1.165, 1.54) is 0 Å². The van der Waals surface area contributed by atoms with E-state index in [2.05, 4.69) is 10.6 Å². The van der Waals surface area contributed by atoms with Gasteiger partial charge >= 0.3 is 12.4 Å². The van der Waals surface area contributed by atoms with E-state index in [0.717, 1.165) is 19.6 Å². The van der Waals surface area contributed by atoms with Gasteiger partial charge in [0.05, 0.1) is 29.8 Å². The Morgan fingerprint density at radius 1 is 1.06 bits per heavy atom. The summed E-state index contributed by atoms with van der Waals surface area (Å²) in [5.41, 5.74) is -3.72. The molecule has 10 heteroatoms. The Morgan fingerprint density at radius 3 is 2.15 bits per heavy atom. The van der Waals surface area contributed by atoms with Gasteiger partial charge in [0, 0.05) is 30.5 Å². The summed E-state index contributed by atoms with van der Waals surface area (Å²) in [4.78, 5) is 13.2. The first-order valence-corrected chi connectivity index (χ1v) is 11.2. The van der Waals surface area contributed by atoms with Crippen molar-refractivity contribution in [1.29, 1.82) is 0 Å². The van der Waals surface area contributed by atoms with Gasteiger partial charge in [-0.15, -0.1) is 0 Å². The molecule has 1 saturated heterocycles. The summed E-state index contributed by atoms with van der Waals surface area (Å²) in [6.45, 7) is 4.95. The number of ether oxygens (including phenoxy) is 1. The number of hydrogen-bond donors (Lipinski definition) is 2. The first-order valence-electron chi connectivity index (χ1n) is 11.2. The van der Waals surface area contributed by atoms with Crippen molar-refractivity contribution in [2.24, 2.45) is 23.2 Å². The van der Waals surface area contributed by atoms with Crippen LogP contribution >= 0.6 is 0 Å². The predicted molar refractivity (Wildman–Crippen MR) is 108 cm³/mol. The monoisotopic (exact) mass is 478 g/mol. The molecule has 33 heavy (non-hydrogen) atoms. The van der Waals surface area contributed by atoms with Crippen LogP contribution in [0.4, 0.5) is 26.3 Å². The largest absolute Gasteiger partial charge is 0.416 e. The van der Waals surface area contributed by atoms with Crippen molar-refractivity contribution in [3.8, 4) is 0 Å².